The van der Waals surface area contributed by atoms with Gasteiger partial charge in [0.1, 0.15) is 11.5 Å². The van der Waals surface area contributed by atoms with Gasteiger partial charge in [0, 0.05) is 6.04 Å². The van der Waals surface area contributed by atoms with Gasteiger partial charge in [0.05, 0.1) is 19.8 Å². The van der Waals surface area contributed by atoms with Crippen molar-refractivity contribution < 1.29 is 9.47 Å². The van der Waals surface area contributed by atoms with Gasteiger partial charge >= 0.3 is 0 Å². The van der Waals surface area contributed by atoms with Crippen LogP contribution in [-0.4, -0.2) is 20.8 Å². The van der Waals surface area contributed by atoms with Crippen LogP contribution in [0.15, 0.2) is 18.2 Å². The summed E-state index contributed by atoms with van der Waals surface area (Å²) in [5.41, 5.74) is 1.18. The summed E-state index contributed by atoms with van der Waals surface area (Å²) >= 11 is 0. The van der Waals surface area contributed by atoms with E-state index in [1.165, 1.54) is 31.2 Å². The third kappa shape index (κ3) is 3.45. The van der Waals surface area contributed by atoms with Gasteiger partial charge in [-0.25, -0.2) is 0 Å². The van der Waals surface area contributed by atoms with Crippen molar-refractivity contribution >= 4 is 0 Å². The standard InChI is InChI=1S/C17H27NO2/c1-4-11-18-14(12-13-7-5-8-13)17-15(19-2)9-6-10-16(17)20-3/h6,9-10,13-14,18H,4-5,7-8,11-12H2,1-3H3. The highest BCUT2D eigenvalue weighted by Gasteiger charge is 2.26. The fourth-order valence-electron chi connectivity index (χ4n) is 2.91. The summed E-state index contributed by atoms with van der Waals surface area (Å²) < 4.78 is 11.1. The SMILES string of the molecule is CCCNC(CC1CCC1)c1c(OC)cccc1OC. The van der Waals surface area contributed by atoms with Crippen molar-refractivity contribution in [3.63, 3.8) is 0 Å². The second-order valence-electron chi connectivity index (χ2n) is 5.62. The quantitative estimate of drug-likeness (QED) is 0.781. The largest absolute Gasteiger partial charge is 0.496 e. The molecule has 2 rings (SSSR count). The van der Waals surface area contributed by atoms with Gasteiger partial charge in [0.15, 0.2) is 0 Å². The predicted molar refractivity (Wildman–Crippen MR) is 82.5 cm³/mol. The summed E-state index contributed by atoms with van der Waals surface area (Å²) in [6.07, 6.45) is 6.42. The Hall–Kier alpha value is -1.22. The number of hydrogen-bond donors (Lipinski definition) is 1. The van der Waals surface area contributed by atoms with E-state index in [0.29, 0.717) is 6.04 Å². The van der Waals surface area contributed by atoms with E-state index in [9.17, 15) is 0 Å². The molecule has 0 aliphatic heterocycles. The molecule has 1 aliphatic carbocycles. The van der Waals surface area contributed by atoms with Crippen LogP contribution in [0.3, 0.4) is 0 Å². The second kappa shape index (κ2) is 7.53. The Labute approximate surface area is 122 Å². The average Bonchev–Trinajstić information content (AvgIpc) is 2.45. The van der Waals surface area contributed by atoms with Crippen molar-refractivity contribution in [2.75, 3.05) is 20.8 Å². The van der Waals surface area contributed by atoms with E-state index < -0.39 is 0 Å². The molecule has 1 aromatic carbocycles. The Morgan fingerprint density at radius 3 is 2.30 bits per heavy atom. The normalized spacial score (nSPS) is 16.6. The topological polar surface area (TPSA) is 30.5 Å². The fourth-order valence-corrected chi connectivity index (χ4v) is 2.91. The molecular weight excluding hydrogens is 250 g/mol. The number of hydrogen-bond acceptors (Lipinski definition) is 3. The maximum Gasteiger partial charge on any atom is 0.127 e. The molecule has 1 atom stereocenters. The number of nitrogens with one attached hydrogen (secondary N) is 1. The highest BCUT2D eigenvalue weighted by Crippen LogP contribution is 2.41. The van der Waals surface area contributed by atoms with Gasteiger partial charge in [0.25, 0.3) is 0 Å². The van der Waals surface area contributed by atoms with Crippen LogP contribution >= 0.6 is 0 Å². The monoisotopic (exact) mass is 277 g/mol. The van der Waals surface area contributed by atoms with E-state index in [4.69, 9.17) is 9.47 Å². The summed E-state index contributed by atoms with van der Waals surface area (Å²) in [6, 6.07) is 6.37. The molecule has 1 unspecified atom stereocenters. The van der Waals surface area contributed by atoms with Crippen LogP contribution in [0.1, 0.15) is 50.6 Å². The third-order valence-electron chi connectivity index (χ3n) is 4.25. The molecule has 0 spiro atoms. The molecular formula is C17H27NO2. The molecule has 20 heavy (non-hydrogen) atoms. The van der Waals surface area contributed by atoms with Crippen molar-refractivity contribution in [3.05, 3.63) is 23.8 Å². The summed E-state index contributed by atoms with van der Waals surface area (Å²) in [5.74, 6) is 2.70. The Bertz CT molecular complexity index is 393. The molecule has 0 heterocycles. The van der Waals surface area contributed by atoms with Gasteiger partial charge < -0.3 is 14.8 Å². The van der Waals surface area contributed by atoms with Gasteiger partial charge in [-0.15, -0.1) is 0 Å². The van der Waals surface area contributed by atoms with Crippen molar-refractivity contribution in [2.45, 2.75) is 45.1 Å². The average molecular weight is 277 g/mol. The first-order valence-corrected chi connectivity index (χ1v) is 7.74. The molecule has 1 aliphatic rings. The number of benzene rings is 1. The Morgan fingerprint density at radius 2 is 1.85 bits per heavy atom. The molecule has 0 radical (unpaired) electrons. The zero-order valence-electron chi connectivity index (χ0n) is 12.9. The molecule has 1 fully saturated rings. The summed E-state index contributed by atoms with van der Waals surface area (Å²) in [5, 5.41) is 3.67. The van der Waals surface area contributed by atoms with Gasteiger partial charge in [-0.1, -0.05) is 32.3 Å². The number of ether oxygens (including phenoxy) is 2. The minimum atomic E-state index is 0.325. The lowest BCUT2D eigenvalue weighted by Crippen LogP contribution is -2.27. The van der Waals surface area contributed by atoms with Crippen LogP contribution in [0.25, 0.3) is 0 Å². The van der Waals surface area contributed by atoms with Gasteiger partial charge in [-0.05, 0) is 37.4 Å². The Kier molecular flexibility index (Phi) is 5.72. The first-order valence-electron chi connectivity index (χ1n) is 7.74. The van der Waals surface area contributed by atoms with Crippen molar-refractivity contribution in [1.29, 1.82) is 0 Å². The molecule has 1 aromatic rings. The summed E-state index contributed by atoms with van der Waals surface area (Å²) in [4.78, 5) is 0. The molecule has 1 N–H and O–H groups in total. The molecule has 3 heteroatoms. The first kappa shape index (κ1) is 15.2. The van der Waals surface area contributed by atoms with Crippen LogP contribution in [-0.2, 0) is 0 Å². The number of methoxy groups -OCH3 is 2. The van der Waals surface area contributed by atoms with Crippen LogP contribution in [0.2, 0.25) is 0 Å². The van der Waals surface area contributed by atoms with E-state index in [1.807, 2.05) is 18.2 Å². The molecule has 3 nitrogen and oxygen atoms in total. The molecule has 0 aromatic heterocycles. The highest BCUT2D eigenvalue weighted by molar-refractivity contribution is 5.47. The van der Waals surface area contributed by atoms with Crippen molar-refractivity contribution in [1.82, 2.24) is 5.32 Å². The molecule has 0 bridgehead atoms. The van der Waals surface area contributed by atoms with E-state index in [2.05, 4.69) is 12.2 Å². The van der Waals surface area contributed by atoms with Gasteiger partial charge in [-0.2, -0.15) is 0 Å². The van der Waals surface area contributed by atoms with Crippen LogP contribution in [0, 0.1) is 5.92 Å². The van der Waals surface area contributed by atoms with Crippen LogP contribution in [0.5, 0.6) is 11.5 Å². The minimum absolute atomic E-state index is 0.325. The lowest BCUT2D eigenvalue weighted by molar-refractivity contribution is 0.255. The third-order valence-corrected chi connectivity index (χ3v) is 4.25. The van der Waals surface area contributed by atoms with E-state index >= 15 is 0 Å². The maximum atomic E-state index is 5.56. The second-order valence-corrected chi connectivity index (χ2v) is 5.62. The van der Waals surface area contributed by atoms with Crippen LogP contribution < -0.4 is 14.8 Å². The lowest BCUT2D eigenvalue weighted by atomic mass is 9.79. The lowest BCUT2D eigenvalue weighted by Gasteiger charge is -2.31. The Balaban J connectivity index is 2.24. The minimum Gasteiger partial charge on any atom is -0.496 e. The molecule has 112 valence electrons. The smallest absolute Gasteiger partial charge is 0.127 e. The van der Waals surface area contributed by atoms with E-state index in [1.54, 1.807) is 14.2 Å². The first-order chi connectivity index (χ1) is 9.80. The maximum absolute atomic E-state index is 5.56. The predicted octanol–water partition coefficient (Wildman–Crippen LogP) is 3.93. The molecule has 0 saturated heterocycles. The fraction of sp³-hybridized carbons (Fsp3) is 0.647. The Morgan fingerprint density at radius 1 is 1.20 bits per heavy atom. The summed E-state index contributed by atoms with van der Waals surface area (Å²) in [6.45, 7) is 3.23. The van der Waals surface area contributed by atoms with Crippen molar-refractivity contribution in [2.24, 2.45) is 5.92 Å². The summed E-state index contributed by atoms with van der Waals surface area (Å²) in [7, 11) is 3.47. The van der Waals surface area contributed by atoms with Gasteiger partial charge in [0.2, 0.25) is 0 Å². The van der Waals surface area contributed by atoms with Crippen molar-refractivity contribution in [3.8, 4) is 11.5 Å². The van der Waals surface area contributed by atoms with E-state index in [0.717, 1.165) is 30.4 Å². The molecule has 1 saturated carbocycles. The zero-order chi connectivity index (χ0) is 14.4. The number of rotatable bonds is 8. The van der Waals surface area contributed by atoms with E-state index in [-0.39, 0.29) is 0 Å². The highest BCUT2D eigenvalue weighted by atomic mass is 16.5. The zero-order valence-corrected chi connectivity index (χ0v) is 12.9. The van der Waals surface area contributed by atoms with Gasteiger partial charge in [-0.3, -0.25) is 0 Å². The van der Waals surface area contributed by atoms with Crippen LogP contribution in [0.4, 0.5) is 0 Å². The molecule has 0 amide bonds.